The van der Waals surface area contributed by atoms with E-state index in [2.05, 4.69) is 0 Å². The molecule has 1 aliphatic heterocycles. The van der Waals surface area contributed by atoms with E-state index in [1.807, 2.05) is 78.0 Å². The van der Waals surface area contributed by atoms with Gasteiger partial charge in [-0.1, -0.05) is 30.3 Å². The quantitative estimate of drug-likeness (QED) is 0.514. The van der Waals surface area contributed by atoms with Gasteiger partial charge >= 0.3 is 12.1 Å². The molecule has 1 amide bonds. The topological polar surface area (TPSA) is 55.8 Å². The molecule has 5 nitrogen and oxygen atoms in total. The predicted octanol–water partition coefficient (Wildman–Crippen LogP) is 5.41. The molecular weight excluding hydrogens is 354 g/mol. The van der Waals surface area contributed by atoms with E-state index in [1.165, 1.54) is 0 Å². The van der Waals surface area contributed by atoms with Crippen molar-refractivity contribution in [1.29, 1.82) is 0 Å². The predicted molar refractivity (Wildman–Crippen MR) is 111 cm³/mol. The van der Waals surface area contributed by atoms with Crippen LogP contribution in [0.1, 0.15) is 66.4 Å². The lowest BCUT2D eigenvalue weighted by molar-refractivity contribution is -0.145. The monoisotopic (exact) mass is 387 g/mol. The lowest BCUT2D eigenvalue weighted by Gasteiger charge is -2.35. The number of benzene rings is 1. The van der Waals surface area contributed by atoms with Gasteiger partial charge in [0.25, 0.3) is 0 Å². The van der Waals surface area contributed by atoms with Gasteiger partial charge in [0.2, 0.25) is 0 Å². The van der Waals surface area contributed by atoms with Crippen LogP contribution in [0.25, 0.3) is 5.76 Å². The third-order valence-corrected chi connectivity index (χ3v) is 4.39. The molecule has 5 heteroatoms. The molecule has 1 heterocycles. The molecular formula is C23H33NO4. The second kappa shape index (κ2) is 8.80. The Kier molecular flexibility index (Phi) is 6.91. The summed E-state index contributed by atoms with van der Waals surface area (Å²) in [6, 6.07) is 9.36. The van der Waals surface area contributed by atoms with Crippen molar-refractivity contribution in [1.82, 2.24) is 4.90 Å². The maximum Gasteiger partial charge on any atom is 0.410 e. The SMILES string of the molecule is CC(C)(C)OC(=O)N1CCCCC1/C=C(/OC(=O)C(C)(C)C)c1ccccc1. The van der Waals surface area contributed by atoms with E-state index in [0.29, 0.717) is 12.3 Å². The number of piperidine rings is 1. The van der Waals surface area contributed by atoms with Crippen molar-refractivity contribution >= 4 is 17.8 Å². The second-order valence-corrected chi connectivity index (χ2v) is 9.27. The third kappa shape index (κ3) is 6.39. The summed E-state index contributed by atoms with van der Waals surface area (Å²) >= 11 is 0. The minimum Gasteiger partial charge on any atom is -0.444 e. The van der Waals surface area contributed by atoms with E-state index in [9.17, 15) is 9.59 Å². The Hall–Kier alpha value is -2.30. The molecule has 0 spiro atoms. The number of carbonyl (C=O) groups is 2. The number of ether oxygens (including phenoxy) is 2. The van der Waals surface area contributed by atoms with Crippen LogP contribution in [0.3, 0.4) is 0 Å². The molecule has 1 aliphatic rings. The van der Waals surface area contributed by atoms with Crippen LogP contribution in [0.2, 0.25) is 0 Å². The van der Waals surface area contributed by atoms with Gasteiger partial charge in [-0.15, -0.1) is 0 Å². The summed E-state index contributed by atoms with van der Waals surface area (Å²) in [5, 5.41) is 0. The van der Waals surface area contributed by atoms with Gasteiger partial charge in [-0.05, 0) is 66.9 Å². The Morgan fingerprint density at radius 1 is 1.04 bits per heavy atom. The normalized spacial score (nSPS) is 18.6. The molecule has 2 rings (SSSR count). The summed E-state index contributed by atoms with van der Waals surface area (Å²) < 4.78 is 11.4. The molecule has 1 atom stereocenters. The summed E-state index contributed by atoms with van der Waals surface area (Å²) in [6.07, 6.45) is 4.31. The molecule has 154 valence electrons. The van der Waals surface area contributed by atoms with Gasteiger partial charge in [0.1, 0.15) is 11.4 Å². The molecule has 0 aromatic heterocycles. The van der Waals surface area contributed by atoms with Gasteiger partial charge in [-0.3, -0.25) is 4.79 Å². The van der Waals surface area contributed by atoms with E-state index < -0.39 is 11.0 Å². The highest BCUT2D eigenvalue weighted by Crippen LogP contribution is 2.27. The minimum atomic E-state index is -0.620. The van der Waals surface area contributed by atoms with Gasteiger partial charge in [-0.25, -0.2) is 4.79 Å². The average molecular weight is 388 g/mol. The first kappa shape index (κ1) is 22.0. The Morgan fingerprint density at radius 2 is 1.68 bits per heavy atom. The van der Waals surface area contributed by atoms with Crippen LogP contribution < -0.4 is 0 Å². The fraction of sp³-hybridized carbons (Fsp3) is 0.565. The summed E-state index contributed by atoms with van der Waals surface area (Å²) in [5.74, 6) is 0.184. The number of rotatable bonds is 3. The zero-order chi connectivity index (χ0) is 20.9. The molecule has 0 radical (unpaired) electrons. The first-order chi connectivity index (χ1) is 13.0. The molecule has 0 aliphatic carbocycles. The molecule has 1 saturated heterocycles. The highest BCUT2D eigenvalue weighted by molar-refractivity contribution is 5.82. The third-order valence-electron chi connectivity index (χ3n) is 4.39. The van der Waals surface area contributed by atoms with Gasteiger partial charge in [0.15, 0.2) is 0 Å². The van der Waals surface area contributed by atoms with Gasteiger partial charge in [-0.2, -0.15) is 0 Å². The molecule has 0 N–H and O–H groups in total. The first-order valence-corrected chi connectivity index (χ1v) is 9.96. The summed E-state index contributed by atoms with van der Waals surface area (Å²) in [7, 11) is 0. The maximum atomic E-state index is 12.7. The number of hydrogen-bond donors (Lipinski definition) is 0. The highest BCUT2D eigenvalue weighted by atomic mass is 16.6. The smallest absolute Gasteiger partial charge is 0.410 e. The van der Waals surface area contributed by atoms with Crippen LogP contribution in [0.15, 0.2) is 36.4 Å². The number of carbonyl (C=O) groups excluding carboxylic acids is 2. The van der Waals surface area contributed by atoms with Crippen molar-refractivity contribution in [3.05, 3.63) is 42.0 Å². The molecule has 1 aromatic carbocycles. The first-order valence-electron chi connectivity index (χ1n) is 9.96. The summed E-state index contributed by atoms with van der Waals surface area (Å²) in [6.45, 7) is 11.7. The number of likely N-dealkylation sites (tertiary alicyclic amines) is 1. The average Bonchev–Trinajstić information content (AvgIpc) is 2.60. The molecule has 1 unspecified atom stereocenters. The second-order valence-electron chi connectivity index (χ2n) is 9.27. The largest absolute Gasteiger partial charge is 0.444 e. The van der Waals surface area contributed by atoms with Crippen molar-refractivity contribution in [2.24, 2.45) is 5.41 Å². The van der Waals surface area contributed by atoms with Crippen LogP contribution in [0.5, 0.6) is 0 Å². The van der Waals surface area contributed by atoms with Crippen LogP contribution in [0, 0.1) is 5.41 Å². The van der Waals surface area contributed by atoms with E-state index in [-0.39, 0.29) is 18.1 Å². The molecule has 28 heavy (non-hydrogen) atoms. The van der Waals surface area contributed by atoms with Gasteiger partial charge in [0.05, 0.1) is 11.5 Å². The van der Waals surface area contributed by atoms with Crippen LogP contribution in [-0.4, -0.2) is 35.2 Å². The standard InChI is InChI=1S/C23H33NO4/c1-22(2,3)20(25)27-19(17-12-8-7-9-13-17)16-18-14-10-11-15-24(18)21(26)28-23(4,5)6/h7-9,12-13,16,18H,10-11,14-15H2,1-6H3/b19-16+. The zero-order valence-electron chi connectivity index (χ0n) is 18.0. The van der Waals surface area contributed by atoms with E-state index in [1.54, 1.807) is 4.90 Å². The molecule has 0 bridgehead atoms. The van der Waals surface area contributed by atoms with Crippen molar-refractivity contribution in [3.8, 4) is 0 Å². The van der Waals surface area contributed by atoms with Crippen LogP contribution in [-0.2, 0) is 14.3 Å². The Labute approximate surface area is 168 Å². The Bertz CT molecular complexity index is 710. The van der Waals surface area contributed by atoms with Crippen molar-refractivity contribution in [2.45, 2.75) is 72.4 Å². The van der Waals surface area contributed by atoms with Crippen LogP contribution >= 0.6 is 0 Å². The Balaban J connectivity index is 2.33. The van der Waals surface area contributed by atoms with Crippen LogP contribution in [0.4, 0.5) is 4.79 Å². The minimum absolute atomic E-state index is 0.174. The molecule has 1 fully saturated rings. The van der Waals surface area contributed by atoms with Crippen molar-refractivity contribution < 1.29 is 19.1 Å². The summed E-state index contributed by atoms with van der Waals surface area (Å²) in [5.41, 5.74) is -0.357. The molecule has 0 saturated carbocycles. The van der Waals surface area contributed by atoms with E-state index >= 15 is 0 Å². The van der Waals surface area contributed by atoms with Gasteiger partial charge < -0.3 is 14.4 Å². The molecule has 1 aromatic rings. The number of amides is 1. The van der Waals surface area contributed by atoms with E-state index in [0.717, 1.165) is 24.8 Å². The van der Waals surface area contributed by atoms with E-state index in [4.69, 9.17) is 9.47 Å². The van der Waals surface area contributed by atoms with Crippen molar-refractivity contribution in [3.63, 3.8) is 0 Å². The fourth-order valence-electron chi connectivity index (χ4n) is 2.90. The lowest BCUT2D eigenvalue weighted by Crippen LogP contribution is -2.45. The highest BCUT2D eigenvalue weighted by Gasteiger charge is 2.31. The number of nitrogens with zero attached hydrogens (tertiary/aromatic N) is 1. The van der Waals surface area contributed by atoms with Gasteiger partial charge in [0, 0.05) is 12.1 Å². The number of hydrogen-bond acceptors (Lipinski definition) is 4. The summed E-state index contributed by atoms with van der Waals surface area (Å²) in [4.78, 5) is 27.0. The van der Waals surface area contributed by atoms with Crippen molar-refractivity contribution in [2.75, 3.05) is 6.54 Å². The Morgan fingerprint density at radius 3 is 2.25 bits per heavy atom. The zero-order valence-corrected chi connectivity index (χ0v) is 18.0. The lowest BCUT2D eigenvalue weighted by atomic mass is 9.97. The number of esters is 1. The fourth-order valence-corrected chi connectivity index (χ4v) is 2.90. The maximum absolute atomic E-state index is 12.7.